The Hall–Kier alpha value is -1.67. The fraction of sp³-hybridized carbons (Fsp3) is 0.143. The molecule has 3 heteroatoms. The summed E-state index contributed by atoms with van der Waals surface area (Å²) in [5, 5.41) is 9.99. The lowest BCUT2D eigenvalue weighted by Crippen LogP contribution is -1.96. The third-order valence-corrected chi connectivity index (χ3v) is 2.69. The zero-order valence-electron chi connectivity index (χ0n) is 9.48. The van der Waals surface area contributed by atoms with Gasteiger partial charge in [-0.3, -0.25) is 0 Å². The minimum Gasteiger partial charge on any atom is -0.508 e. The number of hydrogen-bond donors (Lipinski definition) is 1. The van der Waals surface area contributed by atoms with E-state index < -0.39 is 0 Å². The van der Waals surface area contributed by atoms with Gasteiger partial charge in [0.1, 0.15) is 18.1 Å². The molecule has 0 saturated carbocycles. The van der Waals surface area contributed by atoms with E-state index >= 15 is 0 Å². The molecule has 0 atom stereocenters. The van der Waals surface area contributed by atoms with Gasteiger partial charge in [0, 0.05) is 5.02 Å². The highest BCUT2D eigenvalue weighted by molar-refractivity contribution is 6.30. The molecule has 0 aliphatic rings. The second-order valence-corrected chi connectivity index (χ2v) is 4.30. The van der Waals surface area contributed by atoms with Crippen LogP contribution in [0.15, 0.2) is 42.5 Å². The van der Waals surface area contributed by atoms with E-state index in [2.05, 4.69) is 0 Å². The molecule has 0 heterocycles. The summed E-state index contributed by atoms with van der Waals surface area (Å²) >= 11 is 5.90. The molecule has 0 aliphatic heterocycles. The van der Waals surface area contributed by atoms with E-state index in [1.165, 1.54) is 0 Å². The predicted octanol–water partition coefficient (Wildman–Crippen LogP) is 3.93. The summed E-state index contributed by atoms with van der Waals surface area (Å²) < 4.78 is 5.66. The molecule has 17 heavy (non-hydrogen) atoms. The summed E-state index contributed by atoms with van der Waals surface area (Å²) in [4.78, 5) is 0. The van der Waals surface area contributed by atoms with Crippen molar-refractivity contribution in [1.29, 1.82) is 0 Å². The molecule has 0 aliphatic carbocycles. The standard InChI is InChI=1S/C14H13ClO2/c1-10-5-6-12(15)8-14(10)17-9-11-3-2-4-13(16)7-11/h2-8,16H,9H2,1H3. The zero-order valence-corrected chi connectivity index (χ0v) is 10.2. The highest BCUT2D eigenvalue weighted by Crippen LogP contribution is 2.23. The van der Waals surface area contributed by atoms with Crippen LogP contribution in [0.25, 0.3) is 0 Å². The van der Waals surface area contributed by atoms with Gasteiger partial charge in [0.2, 0.25) is 0 Å². The molecule has 0 amide bonds. The van der Waals surface area contributed by atoms with Crippen molar-refractivity contribution in [3.63, 3.8) is 0 Å². The van der Waals surface area contributed by atoms with Crippen LogP contribution in [-0.2, 0) is 6.61 Å². The molecule has 2 aromatic rings. The van der Waals surface area contributed by atoms with Crippen LogP contribution in [0.5, 0.6) is 11.5 Å². The van der Waals surface area contributed by atoms with Crippen LogP contribution in [0.4, 0.5) is 0 Å². The van der Waals surface area contributed by atoms with Gasteiger partial charge in [-0.05, 0) is 42.3 Å². The fourth-order valence-corrected chi connectivity index (χ4v) is 1.70. The van der Waals surface area contributed by atoms with Crippen molar-refractivity contribution >= 4 is 11.6 Å². The number of hydrogen-bond acceptors (Lipinski definition) is 2. The van der Waals surface area contributed by atoms with Gasteiger partial charge in [0.05, 0.1) is 0 Å². The van der Waals surface area contributed by atoms with Crippen molar-refractivity contribution in [3.8, 4) is 11.5 Å². The summed E-state index contributed by atoms with van der Waals surface area (Å²) in [6.07, 6.45) is 0. The molecular weight excluding hydrogens is 236 g/mol. The average Bonchev–Trinajstić information content (AvgIpc) is 2.30. The molecule has 0 bridgehead atoms. The molecule has 0 spiro atoms. The van der Waals surface area contributed by atoms with Crippen molar-refractivity contribution in [2.24, 2.45) is 0 Å². The Balaban J connectivity index is 2.09. The van der Waals surface area contributed by atoms with Crippen LogP contribution in [0.2, 0.25) is 5.02 Å². The van der Waals surface area contributed by atoms with E-state index in [1.54, 1.807) is 24.3 Å². The molecular formula is C14H13ClO2. The van der Waals surface area contributed by atoms with Crippen LogP contribution < -0.4 is 4.74 Å². The lowest BCUT2D eigenvalue weighted by atomic mass is 10.2. The van der Waals surface area contributed by atoms with E-state index in [9.17, 15) is 5.11 Å². The lowest BCUT2D eigenvalue weighted by Gasteiger charge is -2.09. The third kappa shape index (κ3) is 3.14. The Morgan fingerprint density at radius 1 is 1.18 bits per heavy atom. The number of aryl methyl sites for hydroxylation is 1. The molecule has 2 rings (SSSR count). The van der Waals surface area contributed by atoms with Gasteiger partial charge in [-0.1, -0.05) is 29.8 Å². The quantitative estimate of drug-likeness (QED) is 0.892. The Morgan fingerprint density at radius 3 is 2.76 bits per heavy atom. The van der Waals surface area contributed by atoms with Crippen molar-refractivity contribution < 1.29 is 9.84 Å². The van der Waals surface area contributed by atoms with Crippen LogP contribution in [0, 0.1) is 6.92 Å². The van der Waals surface area contributed by atoms with Gasteiger partial charge in [-0.2, -0.15) is 0 Å². The topological polar surface area (TPSA) is 29.5 Å². The lowest BCUT2D eigenvalue weighted by molar-refractivity contribution is 0.303. The normalized spacial score (nSPS) is 10.2. The van der Waals surface area contributed by atoms with Crippen LogP contribution in [0.3, 0.4) is 0 Å². The molecule has 1 N–H and O–H groups in total. The highest BCUT2D eigenvalue weighted by atomic mass is 35.5. The molecule has 2 nitrogen and oxygen atoms in total. The zero-order chi connectivity index (χ0) is 12.3. The minimum absolute atomic E-state index is 0.244. The second-order valence-electron chi connectivity index (χ2n) is 3.87. The maximum absolute atomic E-state index is 9.33. The first-order chi connectivity index (χ1) is 8.15. The van der Waals surface area contributed by atoms with Crippen LogP contribution in [0.1, 0.15) is 11.1 Å². The molecule has 2 aromatic carbocycles. The van der Waals surface area contributed by atoms with E-state index in [-0.39, 0.29) is 5.75 Å². The summed E-state index contributed by atoms with van der Waals surface area (Å²) in [6.45, 7) is 2.38. The summed E-state index contributed by atoms with van der Waals surface area (Å²) in [5.41, 5.74) is 1.96. The number of ether oxygens (including phenoxy) is 1. The maximum Gasteiger partial charge on any atom is 0.124 e. The summed E-state index contributed by atoms with van der Waals surface area (Å²) in [5.74, 6) is 1.01. The Kier molecular flexibility index (Phi) is 3.55. The van der Waals surface area contributed by atoms with Crippen LogP contribution in [-0.4, -0.2) is 5.11 Å². The van der Waals surface area contributed by atoms with Crippen LogP contribution >= 0.6 is 11.6 Å². The van der Waals surface area contributed by atoms with Gasteiger partial charge < -0.3 is 9.84 Å². The van der Waals surface area contributed by atoms with E-state index in [1.807, 2.05) is 25.1 Å². The van der Waals surface area contributed by atoms with Crippen molar-refractivity contribution in [3.05, 3.63) is 58.6 Å². The Bertz CT molecular complexity index is 523. The molecule has 0 saturated heterocycles. The van der Waals surface area contributed by atoms with Crippen molar-refractivity contribution in [2.75, 3.05) is 0 Å². The first-order valence-corrected chi connectivity index (χ1v) is 5.70. The average molecular weight is 249 g/mol. The first-order valence-electron chi connectivity index (χ1n) is 5.32. The molecule has 88 valence electrons. The first kappa shape index (κ1) is 11.8. The number of phenolic OH excluding ortho intramolecular Hbond substituents is 1. The molecule has 0 unspecified atom stereocenters. The highest BCUT2D eigenvalue weighted by Gasteiger charge is 2.01. The molecule has 0 radical (unpaired) electrons. The fourth-order valence-electron chi connectivity index (χ4n) is 1.54. The number of benzene rings is 2. The van der Waals surface area contributed by atoms with Gasteiger partial charge in [-0.15, -0.1) is 0 Å². The van der Waals surface area contributed by atoms with Crippen molar-refractivity contribution in [1.82, 2.24) is 0 Å². The number of halogens is 1. The SMILES string of the molecule is Cc1ccc(Cl)cc1OCc1cccc(O)c1. The predicted molar refractivity (Wildman–Crippen MR) is 68.6 cm³/mol. The van der Waals surface area contributed by atoms with Gasteiger partial charge in [0.15, 0.2) is 0 Å². The molecule has 0 fully saturated rings. The Labute approximate surface area is 105 Å². The van der Waals surface area contributed by atoms with E-state index in [0.29, 0.717) is 11.6 Å². The van der Waals surface area contributed by atoms with Gasteiger partial charge in [0.25, 0.3) is 0 Å². The third-order valence-electron chi connectivity index (χ3n) is 2.46. The smallest absolute Gasteiger partial charge is 0.124 e. The Morgan fingerprint density at radius 2 is 2.00 bits per heavy atom. The molecule has 0 aromatic heterocycles. The summed E-state index contributed by atoms with van der Waals surface area (Å²) in [6, 6.07) is 12.5. The van der Waals surface area contributed by atoms with E-state index in [4.69, 9.17) is 16.3 Å². The number of aromatic hydroxyl groups is 1. The second kappa shape index (κ2) is 5.11. The monoisotopic (exact) mass is 248 g/mol. The van der Waals surface area contributed by atoms with E-state index in [0.717, 1.165) is 16.9 Å². The summed E-state index contributed by atoms with van der Waals surface area (Å²) in [7, 11) is 0. The van der Waals surface area contributed by atoms with Gasteiger partial charge >= 0.3 is 0 Å². The largest absolute Gasteiger partial charge is 0.508 e. The van der Waals surface area contributed by atoms with Crippen molar-refractivity contribution in [2.45, 2.75) is 13.5 Å². The number of rotatable bonds is 3. The minimum atomic E-state index is 0.244. The number of phenols is 1. The maximum atomic E-state index is 9.33. The van der Waals surface area contributed by atoms with Gasteiger partial charge in [-0.25, -0.2) is 0 Å².